The molecule has 5 nitrogen and oxygen atoms in total. The summed E-state index contributed by atoms with van der Waals surface area (Å²) >= 11 is 0. The van der Waals surface area contributed by atoms with E-state index >= 15 is 0 Å². The first-order valence-electron chi connectivity index (χ1n) is 9.08. The van der Waals surface area contributed by atoms with Crippen LogP contribution in [0.5, 0.6) is 0 Å². The highest BCUT2D eigenvalue weighted by Gasteiger charge is 2.10. The van der Waals surface area contributed by atoms with Crippen LogP contribution in [0.15, 0.2) is 54.2 Å². The van der Waals surface area contributed by atoms with E-state index in [-0.39, 0.29) is 18.0 Å². The van der Waals surface area contributed by atoms with Crippen molar-refractivity contribution in [1.29, 1.82) is 5.26 Å². The fourth-order valence-electron chi connectivity index (χ4n) is 2.82. The lowest BCUT2D eigenvalue weighted by molar-refractivity contribution is -0.112. The predicted molar refractivity (Wildman–Crippen MR) is 112 cm³/mol. The van der Waals surface area contributed by atoms with Crippen molar-refractivity contribution in [2.75, 3.05) is 28.6 Å². The van der Waals surface area contributed by atoms with E-state index < -0.39 is 5.91 Å². The maximum atomic E-state index is 12.3. The molecule has 0 fully saturated rings. The highest BCUT2D eigenvalue weighted by Crippen LogP contribution is 2.23. The van der Waals surface area contributed by atoms with Crippen molar-refractivity contribution in [3.63, 3.8) is 0 Å². The topological polar surface area (TPSA) is 68.2 Å². The van der Waals surface area contributed by atoms with Gasteiger partial charge in [0.05, 0.1) is 0 Å². The second-order valence-corrected chi connectivity index (χ2v) is 6.31. The summed E-state index contributed by atoms with van der Waals surface area (Å²) in [6, 6.07) is 15.5. The summed E-state index contributed by atoms with van der Waals surface area (Å²) in [6.07, 6.45) is 1.45. The Hall–Kier alpha value is -2.97. The van der Waals surface area contributed by atoms with Crippen LogP contribution in [-0.2, 0) is 4.79 Å². The van der Waals surface area contributed by atoms with Crippen LogP contribution < -0.4 is 27.9 Å². The molecular formula is C22H26ClN4O-. The number of anilines is 3. The summed E-state index contributed by atoms with van der Waals surface area (Å²) in [5, 5.41) is 15.2. The van der Waals surface area contributed by atoms with E-state index in [1.165, 1.54) is 6.20 Å². The largest absolute Gasteiger partial charge is 1.00 e. The van der Waals surface area contributed by atoms with Crippen LogP contribution in [0.25, 0.3) is 0 Å². The molecule has 0 unspecified atom stereocenters. The van der Waals surface area contributed by atoms with Crippen molar-refractivity contribution >= 4 is 23.0 Å². The van der Waals surface area contributed by atoms with Gasteiger partial charge >= 0.3 is 0 Å². The Bertz CT molecular complexity index is 882. The number of amides is 1. The number of aryl methyl sites for hydroxylation is 2. The molecule has 1 amide bonds. The lowest BCUT2D eigenvalue weighted by Gasteiger charge is -2.22. The maximum Gasteiger partial charge on any atom is 0.267 e. The molecule has 0 aromatic heterocycles. The highest BCUT2D eigenvalue weighted by molar-refractivity contribution is 6.06. The van der Waals surface area contributed by atoms with Crippen LogP contribution in [0.3, 0.4) is 0 Å². The van der Waals surface area contributed by atoms with Crippen molar-refractivity contribution in [3.05, 3.63) is 65.4 Å². The zero-order valence-corrected chi connectivity index (χ0v) is 17.5. The number of carbonyl (C=O) groups excluding carboxylic acids is 1. The van der Waals surface area contributed by atoms with Gasteiger partial charge in [-0.1, -0.05) is 12.1 Å². The number of nitrogens with zero attached hydrogens (tertiary/aromatic N) is 2. The Balaban J connectivity index is 0.00000392. The van der Waals surface area contributed by atoms with E-state index in [0.717, 1.165) is 35.6 Å². The molecule has 148 valence electrons. The van der Waals surface area contributed by atoms with Gasteiger partial charge in [-0.25, -0.2) is 0 Å². The third-order valence-electron chi connectivity index (χ3n) is 4.35. The molecule has 2 aromatic carbocycles. The number of rotatable bonds is 7. The quantitative estimate of drug-likeness (QED) is 0.550. The molecule has 2 rings (SSSR count). The first kappa shape index (κ1) is 23.1. The van der Waals surface area contributed by atoms with Gasteiger partial charge < -0.3 is 27.9 Å². The number of nitriles is 1. The Morgan fingerprint density at radius 2 is 1.86 bits per heavy atom. The monoisotopic (exact) mass is 397 g/mol. The summed E-state index contributed by atoms with van der Waals surface area (Å²) in [5.41, 5.74) is 4.79. The second-order valence-electron chi connectivity index (χ2n) is 6.31. The molecule has 28 heavy (non-hydrogen) atoms. The average molecular weight is 398 g/mol. The second kappa shape index (κ2) is 11.0. The van der Waals surface area contributed by atoms with Gasteiger partial charge in [0, 0.05) is 36.4 Å². The van der Waals surface area contributed by atoms with Crippen molar-refractivity contribution in [2.24, 2.45) is 0 Å². The van der Waals surface area contributed by atoms with Crippen LogP contribution in [0.1, 0.15) is 25.0 Å². The predicted octanol–water partition coefficient (Wildman–Crippen LogP) is 1.61. The minimum absolute atomic E-state index is 0. The molecule has 0 atom stereocenters. The molecule has 2 N–H and O–H groups in total. The molecule has 0 aliphatic rings. The summed E-state index contributed by atoms with van der Waals surface area (Å²) < 4.78 is 0. The Kier molecular flexibility index (Phi) is 9.07. The van der Waals surface area contributed by atoms with Crippen LogP contribution in [0.4, 0.5) is 17.1 Å². The number of halogens is 1. The van der Waals surface area contributed by atoms with E-state index in [1.807, 2.05) is 50.2 Å². The number of hydrogen-bond acceptors (Lipinski definition) is 4. The third kappa shape index (κ3) is 6.04. The van der Waals surface area contributed by atoms with Crippen molar-refractivity contribution in [3.8, 4) is 6.07 Å². The van der Waals surface area contributed by atoms with Crippen molar-refractivity contribution in [1.82, 2.24) is 0 Å². The molecule has 0 radical (unpaired) electrons. The number of nitrogens with one attached hydrogen (secondary N) is 2. The fraction of sp³-hybridized carbons (Fsp3) is 0.273. The molecule has 0 heterocycles. The van der Waals surface area contributed by atoms with Gasteiger partial charge in [-0.3, -0.25) is 4.79 Å². The molecule has 0 spiro atoms. The van der Waals surface area contributed by atoms with Gasteiger partial charge in [-0.2, -0.15) is 5.26 Å². The van der Waals surface area contributed by atoms with Crippen molar-refractivity contribution in [2.45, 2.75) is 27.7 Å². The van der Waals surface area contributed by atoms with Crippen molar-refractivity contribution < 1.29 is 17.2 Å². The van der Waals surface area contributed by atoms with Gasteiger partial charge in [0.15, 0.2) is 0 Å². The fourth-order valence-corrected chi connectivity index (χ4v) is 2.82. The van der Waals surface area contributed by atoms with E-state index in [1.54, 1.807) is 6.07 Å². The van der Waals surface area contributed by atoms with Gasteiger partial charge in [0.25, 0.3) is 5.91 Å². The first-order valence-corrected chi connectivity index (χ1v) is 9.08. The van der Waals surface area contributed by atoms with E-state index in [9.17, 15) is 10.1 Å². The van der Waals surface area contributed by atoms with Crippen LogP contribution >= 0.6 is 0 Å². The van der Waals surface area contributed by atoms with Crippen LogP contribution in [-0.4, -0.2) is 19.0 Å². The smallest absolute Gasteiger partial charge is 0.267 e. The summed E-state index contributed by atoms with van der Waals surface area (Å²) in [7, 11) is 0. The number of hydrogen-bond donors (Lipinski definition) is 2. The Morgan fingerprint density at radius 3 is 2.43 bits per heavy atom. The van der Waals surface area contributed by atoms with Gasteiger partial charge in [-0.05, 0) is 69.2 Å². The number of benzene rings is 2. The third-order valence-corrected chi connectivity index (χ3v) is 4.35. The Morgan fingerprint density at radius 1 is 1.14 bits per heavy atom. The summed E-state index contributed by atoms with van der Waals surface area (Å²) in [4.78, 5) is 14.6. The zero-order valence-electron chi connectivity index (χ0n) is 16.7. The standard InChI is InChI=1S/C22H26N4O.ClH/c1-5-26(6-2)20-10-11-21(17(4)13-20)24-15-18(14-23)22(27)25-19-9-7-8-16(3)12-19;/h7-13,15,24H,5-6H2,1-4H3,(H,25,27);1H/p-1/b18-15-;. The maximum absolute atomic E-state index is 12.3. The molecule has 0 aliphatic heterocycles. The van der Waals surface area contributed by atoms with E-state index in [2.05, 4.69) is 35.4 Å². The zero-order chi connectivity index (χ0) is 19.8. The van der Waals surface area contributed by atoms with Gasteiger partial charge in [-0.15, -0.1) is 0 Å². The highest BCUT2D eigenvalue weighted by atomic mass is 35.5. The molecular weight excluding hydrogens is 372 g/mol. The minimum atomic E-state index is -0.437. The molecule has 6 heteroatoms. The molecule has 0 bridgehead atoms. The SMILES string of the molecule is CCN(CC)c1ccc(N/C=C(/C#N)C(=O)Nc2cccc(C)c2)c(C)c1.[Cl-]. The number of carbonyl (C=O) groups is 1. The lowest BCUT2D eigenvalue weighted by atomic mass is 10.1. The molecule has 0 aliphatic carbocycles. The van der Waals surface area contributed by atoms with Crippen LogP contribution in [0, 0.1) is 25.2 Å². The van der Waals surface area contributed by atoms with Gasteiger partial charge in [0.1, 0.15) is 11.6 Å². The summed E-state index contributed by atoms with van der Waals surface area (Å²) in [5.74, 6) is -0.437. The van der Waals surface area contributed by atoms with E-state index in [4.69, 9.17) is 0 Å². The van der Waals surface area contributed by atoms with E-state index in [0.29, 0.717) is 5.69 Å². The molecule has 0 saturated carbocycles. The summed E-state index contributed by atoms with van der Waals surface area (Å²) in [6.45, 7) is 10.1. The van der Waals surface area contributed by atoms with Crippen LogP contribution in [0.2, 0.25) is 0 Å². The van der Waals surface area contributed by atoms with Gasteiger partial charge in [0.2, 0.25) is 0 Å². The molecule has 2 aromatic rings. The Labute approximate surface area is 173 Å². The average Bonchev–Trinajstić information content (AvgIpc) is 2.64. The molecule has 0 saturated heterocycles. The normalized spacial score (nSPS) is 10.5. The lowest BCUT2D eigenvalue weighted by Crippen LogP contribution is -3.00. The minimum Gasteiger partial charge on any atom is -1.00 e. The first-order chi connectivity index (χ1) is 13.0.